The lowest BCUT2D eigenvalue weighted by molar-refractivity contribution is 0.316. The largest absolute Gasteiger partial charge is 0.504 e. The van der Waals surface area contributed by atoms with Crippen LogP contribution < -0.4 is 10.1 Å². The van der Waals surface area contributed by atoms with Crippen molar-refractivity contribution >= 4 is 0 Å². The number of benzene rings is 1. The maximum absolute atomic E-state index is 10.0. The number of rotatable bonds is 7. The highest BCUT2D eigenvalue weighted by Gasteiger charge is 2.09. The monoisotopic (exact) mass is 237 g/mol. The normalized spacial score (nSPS) is 10.8. The summed E-state index contributed by atoms with van der Waals surface area (Å²) >= 11 is 0. The van der Waals surface area contributed by atoms with E-state index >= 15 is 0 Å². The van der Waals surface area contributed by atoms with Crippen LogP contribution in [-0.4, -0.2) is 17.8 Å². The van der Waals surface area contributed by atoms with E-state index in [-0.39, 0.29) is 5.75 Å². The number of hydrogen-bond acceptors (Lipinski definition) is 3. The molecule has 2 N–H and O–H groups in total. The molecule has 0 fully saturated rings. The summed E-state index contributed by atoms with van der Waals surface area (Å²) in [7, 11) is 0. The van der Waals surface area contributed by atoms with Gasteiger partial charge in [0.25, 0.3) is 0 Å². The third kappa shape index (κ3) is 3.93. The molecule has 17 heavy (non-hydrogen) atoms. The molecule has 0 aliphatic heterocycles. The van der Waals surface area contributed by atoms with Crippen LogP contribution in [0.15, 0.2) is 18.2 Å². The highest BCUT2D eigenvalue weighted by atomic mass is 16.5. The van der Waals surface area contributed by atoms with Crippen LogP contribution in [0.5, 0.6) is 11.5 Å². The van der Waals surface area contributed by atoms with E-state index in [1.165, 1.54) is 0 Å². The van der Waals surface area contributed by atoms with Gasteiger partial charge in [0, 0.05) is 18.2 Å². The molecule has 1 aromatic rings. The van der Waals surface area contributed by atoms with Crippen molar-refractivity contribution in [1.82, 2.24) is 5.32 Å². The predicted octanol–water partition coefficient (Wildman–Crippen LogP) is 3.07. The van der Waals surface area contributed by atoms with Crippen molar-refractivity contribution in [2.24, 2.45) is 0 Å². The van der Waals surface area contributed by atoms with E-state index in [1.54, 1.807) is 6.07 Å². The van der Waals surface area contributed by atoms with Crippen LogP contribution >= 0.6 is 0 Å². The van der Waals surface area contributed by atoms with Gasteiger partial charge in [-0.15, -0.1) is 0 Å². The van der Waals surface area contributed by atoms with Crippen molar-refractivity contribution in [3.05, 3.63) is 23.8 Å². The maximum atomic E-state index is 10.0. The zero-order chi connectivity index (χ0) is 12.7. The van der Waals surface area contributed by atoms with E-state index < -0.39 is 0 Å². The molecule has 0 atom stereocenters. The van der Waals surface area contributed by atoms with Crippen LogP contribution in [0.2, 0.25) is 0 Å². The number of para-hydroxylation sites is 1. The molecule has 0 spiro atoms. The first kappa shape index (κ1) is 13.8. The number of aromatic hydroxyl groups is 1. The van der Waals surface area contributed by atoms with E-state index in [2.05, 4.69) is 19.2 Å². The first-order valence-electron chi connectivity index (χ1n) is 6.39. The Bertz CT molecular complexity index is 335. The summed E-state index contributed by atoms with van der Waals surface area (Å²) in [6, 6.07) is 6.13. The molecule has 3 nitrogen and oxygen atoms in total. The fourth-order valence-electron chi connectivity index (χ4n) is 1.81. The molecule has 0 unspecified atom stereocenters. The quantitative estimate of drug-likeness (QED) is 0.765. The van der Waals surface area contributed by atoms with Crippen LogP contribution in [0.4, 0.5) is 0 Å². The number of nitrogens with one attached hydrogen (secondary N) is 1. The van der Waals surface area contributed by atoms with Crippen LogP contribution in [0.25, 0.3) is 0 Å². The SMILES string of the molecule is CCOc1cccc(CNC(CC)CC)c1O. The predicted molar refractivity (Wildman–Crippen MR) is 70.5 cm³/mol. The second kappa shape index (κ2) is 7.17. The maximum Gasteiger partial charge on any atom is 0.162 e. The lowest BCUT2D eigenvalue weighted by Crippen LogP contribution is -2.27. The smallest absolute Gasteiger partial charge is 0.162 e. The van der Waals surface area contributed by atoms with Crippen LogP contribution in [-0.2, 0) is 6.54 Å². The Balaban J connectivity index is 2.67. The third-order valence-corrected chi connectivity index (χ3v) is 2.95. The number of phenolic OH excluding ortho intramolecular Hbond substituents is 1. The minimum absolute atomic E-state index is 0.257. The molecule has 0 radical (unpaired) electrons. The number of ether oxygens (including phenoxy) is 1. The highest BCUT2D eigenvalue weighted by Crippen LogP contribution is 2.29. The molecule has 0 aliphatic carbocycles. The minimum Gasteiger partial charge on any atom is -0.504 e. The Morgan fingerprint density at radius 2 is 1.94 bits per heavy atom. The van der Waals surface area contributed by atoms with Gasteiger partial charge in [-0.05, 0) is 25.8 Å². The number of phenols is 1. The highest BCUT2D eigenvalue weighted by molar-refractivity contribution is 5.45. The molecule has 0 saturated heterocycles. The fraction of sp³-hybridized carbons (Fsp3) is 0.571. The fourth-order valence-corrected chi connectivity index (χ4v) is 1.81. The topological polar surface area (TPSA) is 41.5 Å². The molecule has 0 saturated carbocycles. The lowest BCUT2D eigenvalue weighted by Gasteiger charge is -2.16. The molecule has 1 aromatic carbocycles. The van der Waals surface area contributed by atoms with Crippen molar-refractivity contribution in [3.63, 3.8) is 0 Å². The van der Waals surface area contributed by atoms with Gasteiger partial charge in [-0.1, -0.05) is 26.0 Å². The molecule has 0 aromatic heterocycles. The molecule has 0 aliphatic rings. The van der Waals surface area contributed by atoms with Gasteiger partial charge in [0.1, 0.15) is 0 Å². The zero-order valence-electron chi connectivity index (χ0n) is 11.0. The molecule has 0 heterocycles. The summed E-state index contributed by atoms with van der Waals surface area (Å²) in [5.74, 6) is 0.823. The van der Waals surface area contributed by atoms with Gasteiger partial charge in [0.2, 0.25) is 0 Å². The minimum atomic E-state index is 0.257. The van der Waals surface area contributed by atoms with Crippen molar-refractivity contribution in [2.45, 2.75) is 46.2 Å². The van der Waals surface area contributed by atoms with E-state index in [9.17, 15) is 5.11 Å². The average Bonchev–Trinajstić information content (AvgIpc) is 2.35. The van der Waals surface area contributed by atoms with Crippen molar-refractivity contribution in [2.75, 3.05) is 6.61 Å². The van der Waals surface area contributed by atoms with Crippen LogP contribution in [0.3, 0.4) is 0 Å². The van der Waals surface area contributed by atoms with Gasteiger partial charge in [-0.2, -0.15) is 0 Å². The van der Waals surface area contributed by atoms with Gasteiger partial charge < -0.3 is 15.2 Å². The van der Waals surface area contributed by atoms with Gasteiger partial charge >= 0.3 is 0 Å². The zero-order valence-corrected chi connectivity index (χ0v) is 11.0. The van der Waals surface area contributed by atoms with E-state index in [4.69, 9.17) is 4.74 Å². The molecular weight excluding hydrogens is 214 g/mol. The summed E-state index contributed by atoms with van der Waals surface area (Å²) in [5.41, 5.74) is 0.892. The third-order valence-electron chi connectivity index (χ3n) is 2.95. The molecule has 0 bridgehead atoms. The molecule has 0 amide bonds. The van der Waals surface area contributed by atoms with Crippen LogP contribution in [0, 0.1) is 0 Å². The second-order valence-corrected chi connectivity index (χ2v) is 4.09. The molecule has 96 valence electrons. The summed E-state index contributed by atoms with van der Waals surface area (Å²) < 4.78 is 5.36. The summed E-state index contributed by atoms with van der Waals surface area (Å²) in [5, 5.41) is 13.4. The number of hydrogen-bond donors (Lipinski definition) is 2. The Labute approximate surface area is 104 Å². The Kier molecular flexibility index (Phi) is 5.84. The van der Waals surface area contributed by atoms with Crippen molar-refractivity contribution < 1.29 is 9.84 Å². The van der Waals surface area contributed by atoms with Gasteiger partial charge in [-0.3, -0.25) is 0 Å². The summed E-state index contributed by atoms with van der Waals surface area (Å²) in [6.07, 6.45) is 2.20. The summed E-state index contributed by atoms with van der Waals surface area (Å²) in [4.78, 5) is 0. The first-order valence-corrected chi connectivity index (χ1v) is 6.39. The molecule has 1 rings (SSSR count). The van der Waals surface area contributed by atoms with Gasteiger partial charge in [0.05, 0.1) is 6.61 Å². The average molecular weight is 237 g/mol. The Morgan fingerprint density at radius 1 is 1.24 bits per heavy atom. The van der Waals surface area contributed by atoms with Crippen molar-refractivity contribution in [3.8, 4) is 11.5 Å². The second-order valence-electron chi connectivity index (χ2n) is 4.09. The van der Waals surface area contributed by atoms with Crippen LogP contribution in [0.1, 0.15) is 39.2 Å². The van der Waals surface area contributed by atoms with E-state index in [0.717, 1.165) is 18.4 Å². The Morgan fingerprint density at radius 3 is 2.53 bits per heavy atom. The van der Waals surface area contributed by atoms with Crippen molar-refractivity contribution in [1.29, 1.82) is 0 Å². The van der Waals surface area contributed by atoms with Gasteiger partial charge in [-0.25, -0.2) is 0 Å². The van der Waals surface area contributed by atoms with Gasteiger partial charge in [0.15, 0.2) is 11.5 Å². The summed E-state index contributed by atoms with van der Waals surface area (Å²) in [6.45, 7) is 7.49. The Hall–Kier alpha value is -1.22. The first-order chi connectivity index (χ1) is 8.22. The molecule has 3 heteroatoms. The standard InChI is InChI=1S/C14H23NO2/c1-4-12(5-2)15-10-11-8-7-9-13(14(11)16)17-6-3/h7-9,12,15-16H,4-6,10H2,1-3H3. The lowest BCUT2D eigenvalue weighted by atomic mass is 10.1. The van der Waals surface area contributed by atoms with E-state index in [0.29, 0.717) is 24.9 Å². The van der Waals surface area contributed by atoms with E-state index in [1.807, 2.05) is 19.1 Å². The molecular formula is C14H23NO2.